The SMILES string of the molecule is COc1ccc(C(C(=O)NC2CCCCC2)N(C(=O)CCCC(=O)Nc2ccccn2)c2ccccc2OC)cc1. The number of ether oxygens (including phenoxy) is 2. The van der Waals surface area contributed by atoms with E-state index in [1.54, 1.807) is 67.9 Å². The van der Waals surface area contributed by atoms with Gasteiger partial charge in [0.1, 0.15) is 23.4 Å². The van der Waals surface area contributed by atoms with Crippen LogP contribution >= 0.6 is 0 Å². The van der Waals surface area contributed by atoms with Crippen molar-refractivity contribution in [3.05, 3.63) is 78.5 Å². The fraction of sp³-hybridized carbons (Fsp3) is 0.375. The fourth-order valence-electron chi connectivity index (χ4n) is 5.14. The maximum absolute atomic E-state index is 14.0. The number of amides is 3. The van der Waals surface area contributed by atoms with E-state index in [1.807, 2.05) is 12.1 Å². The third kappa shape index (κ3) is 8.06. The molecule has 1 aliphatic rings. The van der Waals surface area contributed by atoms with E-state index in [-0.39, 0.29) is 36.6 Å². The van der Waals surface area contributed by atoms with Crippen molar-refractivity contribution in [1.29, 1.82) is 0 Å². The van der Waals surface area contributed by atoms with Gasteiger partial charge in [0.25, 0.3) is 0 Å². The van der Waals surface area contributed by atoms with Crippen molar-refractivity contribution < 1.29 is 23.9 Å². The van der Waals surface area contributed by atoms with Crippen LogP contribution in [-0.2, 0) is 14.4 Å². The number of hydrogen-bond acceptors (Lipinski definition) is 6. The summed E-state index contributed by atoms with van der Waals surface area (Å²) in [5, 5.41) is 5.96. The minimum absolute atomic E-state index is 0.0526. The molecule has 9 heteroatoms. The number of anilines is 2. The minimum Gasteiger partial charge on any atom is -0.497 e. The van der Waals surface area contributed by atoms with Crippen LogP contribution in [0.2, 0.25) is 0 Å². The molecule has 9 nitrogen and oxygen atoms in total. The molecule has 2 aromatic carbocycles. The third-order valence-electron chi connectivity index (χ3n) is 7.23. The molecule has 2 N–H and O–H groups in total. The quantitative estimate of drug-likeness (QED) is 0.307. The zero-order chi connectivity index (χ0) is 29.0. The van der Waals surface area contributed by atoms with E-state index >= 15 is 0 Å². The molecule has 0 bridgehead atoms. The summed E-state index contributed by atoms with van der Waals surface area (Å²) in [6.45, 7) is 0. The molecule has 4 rings (SSSR count). The molecule has 3 amide bonds. The second-order valence-corrected chi connectivity index (χ2v) is 10.1. The van der Waals surface area contributed by atoms with Crippen molar-refractivity contribution in [3.8, 4) is 11.5 Å². The van der Waals surface area contributed by atoms with E-state index in [0.29, 0.717) is 35.0 Å². The Morgan fingerprint density at radius 2 is 1.63 bits per heavy atom. The van der Waals surface area contributed by atoms with Crippen molar-refractivity contribution in [2.45, 2.75) is 63.5 Å². The molecule has 3 aromatic rings. The highest BCUT2D eigenvalue weighted by atomic mass is 16.5. The van der Waals surface area contributed by atoms with Gasteiger partial charge in [0, 0.05) is 25.1 Å². The predicted octanol–water partition coefficient (Wildman–Crippen LogP) is 5.43. The fourth-order valence-corrected chi connectivity index (χ4v) is 5.14. The topological polar surface area (TPSA) is 110 Å². The van der Waals surface area contributed by atoms with Crippen LogP contribution < -0.4 is 25.0 Å². The first kappa shape index (κ1) is 29.6. The number of carbonyl (C=O) groups excluding carboxylic acids is 3. The van der Waals surface area contributed by atoms with Crippen molar-refractivity contribution in [1.82, 2.24) is 10.3 Å². The zero-order valence-corrected chi connectivity index (χ0v) is 23.7. The van der Waals surface area contributed by atoms with Gasteiger partial charge in [0.15, 0.2) is 0 Å². The summed E-state index contributed by atoms with van der Waals surface area (Å²) in [4.78, 5) is 46.2. The molecule has 1 atom stereocenters. The standard InChI is InChI=1S/C32H38N4O5/c1-40-25-20-18-23(19-21-25)31(32(39)34-24-11-4-3-5-12-24)36(26-13-6-7-14-27(26)41-2)30(38)17-10-16-29(37)35-28-15-8-9-22-33-28/h6-9,13-15,18-22,24,31H,3-5,10-12,16-17H2,1-2H3,(H,34,39)(H,33,35,37). The Hall–Kier alpha value is -4.40. The van der Waals surface area contributed by atoms with Crippen LogP contribution in [0.25, 0.3) is 0 Å². The van der Waals surface area contributed by atoms with Crippen LogP contribution in [0, 0.1) is 0 Å². The smallest absolute Gasteiger partial charge is 0.248 e. The second-order valence-electron chi connectivity index (χ2n) is 10.1. The largest absolute Gasteiger partial charge is 0.497 e. The summed E-state index contributed by atoms with van der Waals surface area (Å²) in [5.41, 5.74) is 1.13. The summed E-state index contributed by atoms with van der Waals surface area (Å²) in [5.74, 6) is 0.793. The molecule has 1 unspecified atom stereocenters. The molecular weight excluding hydrogens is 520 g/mol. The number of rotatable bonds is 12. The highest BCUT2D eigenvalue weighted by Gasteiger charge is 2.35. The van der Waals surface area contributed by atoms with Gasteiger partial charge >= 0.3 is 0 Å². The molecule has 1 heterocycles. The van der Waals surface area contributed by atoms with Gasteiger partial charge in [0.05, 0.1) is 19.9 Å². The first-order chi connectivity index (χ1) is 20.0. The molecule has 0 aliphatic heterocycles. The second kappa shape index (κ2) is 14.8. The zero-order valence-electron chi connectivity index (χ0n) is 23.7. The summed E-state index contributed by atoms with van der Waals surface area (Å²) in [6, 6.07) is 18.7. The maximum atomic E-state index is 14.0. The van der Waals surface area contributed by atoms with Gasteiger partial charge in [-0.15, -0.1) is 0 Å². The molecule has 0 saturated heterocycles. The summed E-state index contributed by atoms with van der Waals surface area (Å²) in [6.07, 6.45) is 7.19. The first-order valence-corrected chi connectivity index (χ1v) is 14.1. The Kier molecular flexibility index (Phi) is 10.7. The highest BCUT2D eigenvalue weighted by Crippen LogP contribution is 2.36. The number of benzene rings is 2. The van der Waals surface area contributed by atoms with Gasteiger partial charge in [-0.2, -0.15) is 0 Å². The van der Waals surface area contributed by atoms with Gasteiger partial charge in [-0.1, -0.05) is 49.6 Å². The van der Waals surface area contributed by atoms with E-state index in [9.17, 15) is 14.4 Å². The highest BCUT2D eigenvalue weighted by molar-refractivity contribution is 6.02. The number of hydrogen-bond donors (Lipinski definition) is 2. The van der Waals surface area contributed by atoms with Crippen LogP contribution in [-0.4, -0.2) is 43.0 Å². The number of pyridine rings is 1. The van der Waals surface area contributed by atoms with E-state index < -0.39 is 6.04 Å². The molecule has 1 aromatic heterocycles. The number of nitrogens with one attached hydrogen (secondary N) is 2. The molecule has 216 valence electrons. The van der Waals surface area contributed by atoms with Gasteiger partial charge in [0.2, 0.25) is 17.7 Å². The van der Waals surface area contributed by atoms with Crippen molar-refractivity contribution in [3.63, 3.8) is 0 Å². The molecule has 0 spiro atoms. The summed E-state index contributed by atoms with van der Waals surface area (Å²) in [7, 11) is 3.12. The average Bonchev–Trinajstić information content (AvgIpc) is 3.00. The van der Waals surface area contributed by atoms with E-state index in [4.69, 9.17) is 9.47 Å². The Bertz CT molecular complexity index is 1290. The van der Waals surface area contributed by atoms with Crippen molar-refractivity contribution in [2.75, 3.05) is 24.4 Å². The van der Waals surface area contributed by atoms with Gasteiger partial charge in [-0.05, 0) is 61.2 Å². The number of aromatic nitrogens is 1. The van der Waals surface area contributed by atoms with Crippen LogP contribution in [0.3, 0.4) is 0 Å². The normalized spacial score (nSPS) is 14.0. The number of nitrogens with zero attached hydrogens (tertiary/aromatic N) is 2. The molecular formula is C32H38N4O5. The molecule has 1 saturated carbocycles. The lowest BCUT2D eigenvalue weighted by molar-refractivity contribution is -0.127. The Balaban J connectivity index is 1.62. The van der Waals surface area contributed by atoms with E-state index in [1.165, 1.54) is 12.0 Å². The van der Waals surface area contributed by atoms with Gasteiger partial charge in [-0.25, -0.2) is 4.98 Å². The summed E-state index contributed by atoms with van der Waals surface area (Å²) >= 11 is 0. The number of methoxy groups -OCH3 is 2. The predicted molar refractivity (Wildman–Crippen MR) is 158 cm³/mol. The average molecular weight is 559 g/mol. The van der Waals surface area contributed by atoms with E-state index in [0.717, 1.165) is 32.1 Å². The summed E-state index contributed by atoms with van der Waals surface area (Å²) < 4.78 is 11.0. The number of para-hydroxylation sites is 2. The molecule has 41 heavy (non-hydrogen) atoms. The van der Waals surface area contributed by atoms with Gasteiger partial charge in [-0.3, -0.25) is 19.3 Å². The van der Waals surface area contributed by atoms with Crippen LogP contribution in [0.4, 0.5) is 11.5 Å². The van der Waals surface area contributed by atoms with Crippen LogP contribution in [0.5, 0.6) is 11.5 Å². The molecule has 1 fully saturated rings. The van der Waals surface area contributed by atoms with Crippen molar-refractivity contribution in [2.24, 2.45) is 0 Å². The monoisotopic (exact) mass is 558 g/mol. The van der Waals surface area contributed by atoms with Crippen LogP contribution in [0.15, 0.2) is 72.9 Å². The Labute approximate surface area is 241 Å². The lowest BCUT2D eigenvalue weighted by Gasteiger charge is -2.34. The minimum atomic E-state index is -0.950. The number of carbonyl (C=O) groups is 3. The molecule has 1 aliphatic carbocycles. The third-order valence-corrected chi connectivity index (χ3v) is 7.23. The lowest BCUT2D eigenvalue weighted by atomic mass is 9.94. The molecule has 0 radical (unpaired) electrons. The lowest BCUT2D eigenvalue weighted by Crippen LogP contribution is -2.47. The van der Waals surface area contributed by atoms with Crippen molar-refractivity contribution >= 4 is 29.2 Å². The Morgan fingerprint density at radius 1 is 0.902 bits per heavy atom. The maximum Gasteiger partial charge on any atom is 0.248 e. The first-order valence-electron chi connectivity index (χ1n) is 14.1. The Morgan fingerprint density at radius 3 is 2.32 bits per heavy atom. The van der Waals surface area contributed by atoms with Crippen LogP contribution in [0.1, 0.15) is 63.0 Å². The van der Waals surface area contributed by atoms with E-state index in [2.05, 4.69) is 15.6 Å². The van der Waals surface area contributed by atoms with Gasteiger partial charge < -0.3 is 20.1 Å².